The molecule has 1 aliphatic rings. The number of amides is 1. The van der Waals surface area contributed by atoms with Gasteiger partial charge in [0.05, 0.1) is 11.1 Å². The number of anilines is 1. The van der Waals surface area contributed by atoms with Gasteiger partial charge < -0.3 is 10.2 Å². The van der Waals surface area contributed by atoms with E-state index in [-0.39, 0.29) is 11.3 Å². The molecule has 0 bridgehead atoms. The molecule has 0 spiro atoms. The van der Waals surface area contributed by atoms with Crippen LogP contribution in [0.25, 0.3) is 0 Å². The molecule has 1 saturated heterocycles. The maximum absolute atomic E-state index is 11.2. The first-order chi connectivity index (χ1) is 10.7. The second-order valence-corrected chi connectivity index (χ2v) is 7.12. The van der Waals surface area contributed by atoms with Crippen molar-refractivity contribution in [2.45, 2.75) is 51.3 Å². The molecule has 4 heteroatoms. The van der Waals surface area contributed by atoms with E-state index in [1.807, 2.05) is 0 Å². The molecule has 1 amide bonds. The summed E-state index contributed by atoms with van der Waals surface area (Å²) in [5.41, 5.74) is 2.63. The van der Waals surface area contributed by atoms with Crippen molar-refractivity contribution >= 4 is 23.4 Å². The van der Waals surface area contributed by atoms with E-state index < -0.39 is 0 Å². The summed E-state index contributed by atoms with van der Waals surface area (Å²) in [5.74, 6) is 0.766. The Hall–Kier alpha value is -1.16. The first-order valence-electron chi connectivity index (χ1n) is 8.47. The maximum Gasteiger partial charge on any atom is 0.230 e. The second kappa shape index (κ2) is 9.09. The number of carbonyl (C=O) groups excluding carboxylic acids is 1. The Labute approximate surface area is 138 Å². The van der Waals surface area contributed by atoms with Gasteiger partial charge in [0, 0.05) is 25.2 Å². The Morgan fingerprint density at radius 2 is 1.77 bits per heavy atom. The number of unbranched alkanes of at least 4 members (excludes halogenated alkanes) is 2. The van der Waals surface area contributed by atoms with Crippen LogP contribution < -0.4 is 10.2 Å². The zero-order chi connectivity index (χ0) is 15.8. The van der Waals surface area contributed by atoms with Crippen molar-refractivity contribution in [2.75, 3.05) is 23.7 Å². The van der Waals surface area contributed by atoms with Gasteiger partial charge in [-0.25, -0.2) is 0 Å². The lowest BCUT2D eigenvalue weighted by molar-refractivity contribution is -0.118. The van der Waals surface area contributed by atoms with Crippen LogP contribution in [0.2, 0.25) is 0 Å². The third kappa shape index (κ3) is 5.24. The summed E-state index contributed by atoms with van der Waals surface area (Å²) in [5, 5.41) is 3.25. The van der Waals surface area contributed by atoms with Crippen molar-refractivity contribution in [3.63, 3.8) is 0 Å². The Balaban J connectivity index is 1.93. The van der Waals surface area contributed by atoms with Gasteiger partial charge in [-0.1, -0.05) is 38.8 Å². The standard InChI is InChI=1S/C18H28N2OS/c1-3-5-11-20(12-6-4-2)16-9-7-15(8-10-16)13-18-19-17(21)14-22-18/h7-10,18H,3-6,11-14H2,1-2H3,(H,19,21). The van der Waals surface area contributed by atoms with Crippen molar-refractivity contribution in [3.8, 4) is 0 Å². The minimum Gasteiger partial charge on any atom is -0.372 e. The summed E-state index contributed by atoms with van der Waals surface area (Å²) >= 11 is 1.71. The first-order valence-corrected chi connectivity index (χ1v) is 9.52. The van der Waals surface area contributed by atoms with Crippen LogP contribution in [0.4, 0.5) is 5.69 Å². The van der Waals surface area contributed by atoms with Crippen LogP contribution in [0.3, 0.4) is 0 Å². The monoisotopic (exact) mass is 320 g/mol. The first kappa shape index (κ1) is 17.2. The van der Waals surface area contributed by atoms with Gasteiger partial charge in [0.2, 0.25) is 5.91 Å². The van der Waals surface area contributed by atoms with Gasteiger partial charge in [0.1, 0.15) is 0 Å². The van der Waals surface area contributed by atoms with E-state index in [0.29, 0.717) is 5.75 Å². The fourth-order valence-electron chi connectivity index (χ4n) is 2.67. The molecule has 1 heterocycles. The highest BCUT2D eigenvalue weighted by molar-refractivity contribution is 8.01. The van der Waals surface area contributed by atoms with Crippen molar-refractivity contribution in [3.05, 3.63) is 29.8 Å². The number of nitrogens with one attached hydrogen (secondary N) is 1. The number of carbonyl (C=O) groups is 1. The highest BCUT2D eigenvalue weighted by Crippen LogP contribution is 2.22. The van der Waals surface area contributed by atoms with Crippen LogP contribution >= 0.6 is 11.8 Å². The van der Waals surface area contributed by atoms with Gasteiger partial charge in [-0.15, -0.1) is 11.8 Å². The zero-order valence-corrected chi connectivity index (χ0v) is 14.6. The molecule has 1 unspecified atom stereocenters. The lowest BCUT2D eigenvalue weighted by Crippen LogP contribution is -2.27. The highest BCUT2D eigenvalue weighted by atomic mass is 32.2. The van der Waals surface area contributed by atoms with Crippen molar-refractivity contribution in [1.29, 1.82) is 0 Å². The molecule has 22 heavy (non-hydrogen) atoms. The number of hydrogen-bond acceptors (Lipinski definition) is 3. The largest absolute Gasteiger partial charge is 0.372 e. The van der Waals surface area contributed by atoms with Gasteiger partial charge in [-0.3, -0.25) is 4.79 Å². The maximum atomic E-state index is 11.2. The van der Waals surface area contributed by atoms with Gasteiger partial charge in [-0.2, -0.15) is 0 Å². The Morgan fingerprint density at radius 1 is 1.14 bits per heavy atom. The fourth-order valence-corrected chi connectivity index (χ4v) is 3.63. The van der Waals surface area contributed by atoms with E-state index in [4.69, 9.17) is 0 Å². The number of benzene rings is 1. The molecule has 0 aromatic heterocycles. The summed E-state index contributed by atoms with van der Waals surface area (Å²) in [7, 11) is 0. The van der Waals surface area contributed by atoms with Crippen molar-refractivity contribution < 1.29 is 4.79 Å². The summed E-state index contributed by atoms with van der Waals surface area (Å²) in [4.78, 5) is 13.8. The molecule has 1 atom stereocenters. The van der Waals surface area contributed by atoms with Gasteiger partial charge >= 0.3 is 0 Å². The quantitative estimate of drug-likeness (QED) is 0.750. The fraction of sp³-hybridized carbons (Fsp3) is 0.611. The number of nitrogens with zero attached hydrogens (tertiary/aromatic N) is 1. The van der Waals surface area contributed by atoms with E-state index >= 15 is 0 Å². The predicted molar refractivity (Wildman–Crippen MR) is 96.6 cm³/mol. The molecule has 1 fully saturated rings. The number of rotatable bonds is 9. The van der Waals surface area contributed by atoms with Crippen LogP contribution in [0.5, 0.6) is 0 Å². The Morgan fingerprint density at radius 3 is 2.27 bits per heavy atom. The molecule has 2 rings (SSSR count). The van der Waals surface area contributed by atoms with Crippen LogP contribution in [0.1, 0.15) is 45.1 Å². The molecule has 0 radical (unpaired) electrons. The summed E-state index contributed by atoms with van der Waals surface area (Å²) in [6, 6.07) is 8.90. The lowest BCUT2D eigenvalue weighted by Gasteiger charge is -2.25. The second-order valence-electron chi connectivity index (χ2n) is 5.93. The van der Waals surface area contributed by atoms with E-state index in [0.717, 1.165) is 19.5 Å². The molecule has 1 aliphatic heterocycles. The number of hydrogen-bond donors (Lipinski definition) is 1. The average Bonchev–Trinajstić information content (AvgIpc) is 2.94. The van der Waals surface area contributed by atoms with Gasteiger partial charge in [0.15, 0.2) is 0 Å². The normalized spacial score (nSPS) is 17.5. The molecule has 1 aromatic rings. The molecule has 122 valence electrons. The van der Waals surface area contributed by atoms with Crippen molar-refractivity contribution in [2.24, 2.45) is 0 Å². The Bertz CT molecular complexity index is 453. The molecule has 3 nitrogen and oxygen atoms in total. The third-order valence-corrected chi connectivity index (χ3v) is 5.14. The summed E-state index contributed by atoms with van der Waals surface area (Å²) in [6.07, 6.45) is 5.88. The zero-order valence-electron chi connectivity index (χ0n) is 13.8. The topological polar surface area (TPSA) is 32.3 Å². The predicted octanol–water partition coefficient (Wildman–Crippen LogP) is 3.82. The van der Waals surface area contributed by atoms with E-state index in [1.165, 1.54) is 36.9 Å². The minimum atomic E-state index is 0.164. The van der Waals surface area contributed by atoms with Gasteiger partial charge in [0.25, 0.3) is 0 Å². The van der Waals surface area contributed by atoms with Crippen LogP contribution in [-0.2, 0) is 11.2 Å². The van der Waals surface area contributed by atoms with Crippen LogP contribution in [-0.4, -0.2) is 30.1 Å². The molecular weight excluding hydrogens is 292 g/mol. The third-order valence-electron chi connectivity index (χ3n) is 4.02. The molecular formula is C18H28N2OS. The Kier molecular flexibility index (Phi) is 7.10. The van der Waals surface area contributed by atoms with Crippen molar-refractivity contribution in [1.82, 2.24) is 5.32 Å². The van der Waals surface area contributed by atoms with E-state index in [9.17, 15) is 4.79 Å². The lowest BCUT2D eigenvalue weighted by atomic mass is 10.1. The van der Waals surface area contributed by atoms with Gasteiger partial charge in [-0.05, 0) is 30.5 Å². The van der Waals surface area contributed by atoms with Crippen LogP contribution in [0.15, 0.2) is 24.3 Å². The van der Waals surface area contributed by atoms with E-state index in [1.54, 1.807) is 11.8 Å². The SMILES string of the molecule is CCCCN(CCCC)c1ccc(CC2NC(=O)CS2)cc1. The van der Waals surface area contributed by atoms with Crippen LogP contribution in [0, 0.1) is 0 Å². The molecule has 0 aliphatic carbocycles. The number of thioether (sulfide) groups is 1. The molecule has 1 N–H and O–H groups in total. The van der Waals surface area contributed by atoms with E-state index in [2.05, 4.69) is 48.3 Å². The molecule has 1 aromatic carbocycles. The summed E-state index contributed by atoms with van der Waals surface area (Å²) in [6.45, 7) is 6.78. The summed E-state index contributed by atoms with van der Waals surface area (Å²) < 4.78 is 0. The smallest absolute Gasteiger partial charge is 0.230 e. The average molecular weight is 321 g/mol. The molecule has 0 saturated carbocycles. The minimum absolute atomic E-state index is 0.164. The highest BCUT2D eigenvalue weighted by Gasteiger charge is 2.21.